The van der Waals surface area contributed by atoms with Gasteiger partial charge in [0, 0.05) is 21.0 Å². The van der Waals surface area contributed by atoms with Crippen LogP contribution in [0, 0.1) is 17.5 Å². The number of hydrogen-bond acceptors (Lipinski definition) is 4. The standard InChI is InChI=1S/C17H10BrF3N2O3S/c18-8-1-2-9(19)15-12(8)7(14(27-15)17(23)25)5-26-13-10(20)3-6(16(22)24)4-11(13)21/h1-4H,5H2,(H2,22,24)(H2,23,25). The number of primary amides is 2. The van der Waals surface area contributed by atoms with Crippen LogP contribution in [-0.2, 0) is 6.61 Å². The molecule has 0 unspecified atom stereocenters. The van der Waals surface area contributed by atoms with Crippen LogP contribution in [0.4, 0.5) is 13.2 Å². The second-order valence-corrected chi connectivity index (χ2v) is 7.30. The number of amides is 2. The molecule has 2 amide bonds. The summed E-state index contributed by atoms with van der Waals surface area (Å²) in [5.41, 5.74) is 10.2. The van der Waals surface area contributed by atoms with Crippen LogP contribution in [0.25, 0.3) is 10.1 Å². The predicted molar refractivity (Wildman–Crippen MR) is 97.2 cm³/mol. The van der Waals surface area contributed by atoms with Crippen LogP contribution in [-0.4, -0.2) is 11.8 Å². The molecule has 1 heterocycles. The van der Waals surface area contributed by atoms with Gasteiger partial charge in [-0.2, -0.15) is 0 Å². The molecule has 0 saturated carbocycles. The SMILES string of the molecule is NC(=O)c1cc(F)c(OCc2c(C(N)=O)sc3c(F)ccc(Br)c23)c(F)c1. The van der Waals surface area contributed by atoms with Crippen molar-refractivity contribution in [3.05, 3.63) is 62.2 Å². The number of nitrogens with two attached hydrogens (primary N) is 2. The Kier molecular flexibility index (Phi) is 5.11. The Hall–Kier alpha value is -2.59. The zero-order valence-corrected chi connectivity index (χ0v) is 15.7. The van der Waals surface area contributed by atoms with Crippen molar-refractivity contribution < 1.29 is 27.5 Å². The largest absolute Gasteiger partial charge is 0.483 e. The lowest BCUT2D eigenvalue weighted by molar-refractivity contribution is 0.0991. The van der Waals surface area contributed by atoms with Crippen LogP contribution in [0.2, 0.25) is 0 Å². The average molecular weight is 459 g/mol. The lowest BCUT2D eigenvalue weighted by atomic mass is 10.1. The number of thiophene rings is 1. The van der Waals surface area contributed by atoms with E-state index in [2.05, 4.69) is 15.9 Å². The molecule has 0 radical (unpaired) electrons. The lowest BCUT2D eigenvalue weighted by Crippen LogP contribution is -2.14. The average Bonchev–Trinajstić information content (AvgIpc) is 2.98. The second-order valence-electron chi connectivity index (χ2n) is 5.43. The number of rotatable bonds is 5. The van der Waals surface area contributed by atoms with Gasteiger partial charge in [-0.25, -0.2) is 13.2 Å². The van der Waals surface area contributed by atoms with E-state index in [9.17, 15) is 22.8 Å². The minimum Gasteiger partial charge on any atom is -0.483 e. The van der Waals surface area contributed by atoms with Gasteiger partial charge < -0.3 is 16.2 Å². The van der Waals surface area contributed by atoms with Gasteiger partial charge in [-0.3, -0.25) is 9.59 Å². The third-order valence-electron chi connectivity index (χ3n) is 3.71. The van der Waals surface area contributed by atoms with Gasteiger partial charge in [-0.05, 0) is 24.3 Å². The zero-order valence-electron chi connectivity index (χ0n) is 13.3. The van der Waals surface area contributed by atoms with Crippen LogP contribution in [0.5, 0.6) is 5.75 Å². The molecule has 3 rings (SSSR count). The molecule has 4 N–H and O–H groups in total. The van der Waals surface area contributed by atoms with Crippen LogP contribution in [0.15, 0.2) is 28.7 Å². The van der Waals surface area contributed by atoms with E-state index >= 15 is 0 Å². The quantitative estimate of drug-likeness (QED) is 0.607. The fourth-order valence-electron chi connectivity index (χ4n) is 2.51. The number of ether oxygens (including phenoxy) is 1. The van der Waals surface area contributed by atoms with Gasteiger partial charge >= 0.3 is 0 Å². The Bertz CT molecular complexity index is 1080. The van der Waals surface area contributed by atoms with Crippen LogP contribution in [0.3, 0.4) is 0 Å². The molecular formula is C17H10BrF3N2O3S. The predicted octanol–water partition coefficient (Wildman–Crippen LogP) is 3.86. The molecular weight excluding hydrogens is 449 g/mol. The number of hydrogen-bond donors (Lipinski definition) is 2. The van der Waals surface area contributed by atoms with E-state index in [1.54, 1.807) is 0 Å². The maximum atomic E-state index is 14.1. The van der Waals surface area contributed by atoms with E-state index in [4.69, 9.17) is 16.2 Å². The fraction of sp³-hybridized carbons (Fsp3) is 0.0588. The summed E-state index contributed by atoms with van der Waals surface area (Å²) >= 11 is 4.07. The Morgan fingerprint density at radius 1 is 1.04 bits per heavy atom. The van der Waals surface area contributed by atoms with E-state index in [0.29, 0.717) is 9.86 Å². The summed E-state index contributed by atoms with van der Waals surface area (Å²) in [6, 6.07) is 4.11. The van der Waals surface area contributed by atoms with Crippen LogP contribution in [0.1, 0.15) is 25.6 Å². The number of carbonyl (C=O) groups excluding carboxylic acids is 2. The molecule has 0 fully saturated rings. The van der Waals surface area contributed by atoms with Gasteiger partial charge in [0.2, 0.25) is 5.91 Å². The molecule has 0 atom stereocenters. The highest BCUT2D eigenvalue weighted by Crippen LogP contribution is 2.38. The monoisotopic (exact) mass is 458 g/mol. The number of halogens is 4. The first-order valence-corrected chi connectivity index (χ1v) is 8.92. The van der Waals surface area contributed by atoms with Gasteiger partial charge in [0.05, 0.1) is 9.58 Å². The van der Waals surface area contributed by atoms with Crippen LogP contribution < -0.4 is 16.2 Å². The first-order valence-electron chi connectivity index (χ1n) is 7.31. The molecule has 0 spiro atoms. The molecule has 0 aliphatic rings. The van der Waals surface area contributed by atoms with Crippen molar-refractivity contribution in [1.82, 2.24) is 0 Å². The second kappa shape index (κ2) is 7.20. The minimum absolute atomic E-state index is 0.00497. The summed E-state index contributed by atoms with van der Waals surface area (Å²) in [5.74, 6) is -5.45. The Morgan fingerprint density at radius 2 is 1.67 bits per heavy atom. The highest BCUT2D eigenvalue weighted by molar-refractivity contribution is 9.10. The van der Waals surface area contributed by atoms with Crippen molar-refractivity contribution in [3.63, 3.8) is 0 Å². The van der Waals surface area contributed by atoms with E-state index < -0.39 is 41.6 Å². The number of benzene rings is 2. The summed E-state index contributed by atoms with van der Waals surface area (Å²) in [6.07, 6.45) is 0. The van der Waals surface area contributed by atoms with Gasteiger partial charge in [0.1, 0.15) is 12.4 Å². The molecule has 0 bridgehead atoms. The summed E-state index contributed by atoms with van der Waals surface area (Å²) in [5, 5.41) is 0.323. The topological polar surface area (TPSA) is 95.4 Å². The van der Waals surface area contributed by atoms with E-state index in [1.807, 2.05) is 0 Å². The van der Waals surface area contributed by atoms with Crippen molar-refractivity contribution in [2.45, 2.75) is 6.61 Å². The molecule has 1 aromatic heterocycles. The third kappa shape index (κ3) is 3.50. The Balaban J connectivity index is 2.06. The van der Waals surface area contributed by atoms with Crippen molar-refractivity contribution in [2.24, 2.45) is 11.5 Å². The van der Waals surface area contributed by atoms with Crippen molar-refractivity contribution >= 4 is 49.2 Å². The van der Waals surface area contributed by atoms with Crippen molar-refractivity contribution in [2.75, 3.05) is 0 Å². The summed E-state index contributed by atoms with van der Waals surface area (Å²) < 4.78 is 48.1. The first kappa shape index (κ1) is 19.2. The Labute approximate surface area is 162 Å². The van der Waals surface area contributed by atoms with Crippen molar-refractivity contribution in [3.8, 4) is 5.75 Å². The smallest absolute Gasteiger partial charge is 0.259 e. The number of carbonyl (C=O) groups is 2. The highest BCUT2D eigenvalue weighted by atomic mass is 79.9. The maximum Gasteiger partial charge on any atom is 0.259 e. The van der Waals surface area contributed by atoms with E-state index in [-0.39, 0.29) is 20.7 Å². The van der Waals surface area contributed by atoms with Crippen LogP contribution >= 0.6 is 27.3 Å². The molecule has 5 nitrogen and oxygen atoms in total. The minimum atomic E-state index is -1.14. The molecule has 2 aromatic carbocycles. The third-order valence-corrected chi connectivity index (χ3v) is 5.62. The highest BCUT2D eigenvalue weighted by Gasteiger charge is 2.23. The van der Waals surface area contributed by atoms with Gasteiger partial charge in [0.15, 0.2) is 17.4 Å². The zero-order chi connectivity index (χ0) is 19.9. The molecule has 3 aromatic rings. The number of fused-ring (bicyclic) bond motifs is 1. The normalized spacial score (nSPS) is 11.0. The van der Waals surface area contributed by atoms with E-state index in [0.717, 1.165) is 23.5 Å². The molecule has 27 heavy (non-hydrogen) atoms. The lowest BCUT2D eigenvalue weighted by Gasteiger charge is -2.10. The molecule has 10 heteroatoms. The van der Waals surface area contributed by atoms with Crippen molar-refractivity contribution in [1.29, 1.82) is 0 Å². The van der Waals surface area contributed by atoms with Gasteiger partial charge in [-0.1, -0.05) is 15.9 Å². The maximum absolute atomic E-state index is 14.1. The fourth-order valence-corrected chi connectivity index (χ4v) is 4.30. The molecule has 140 valence electrons. The molecule has 0 saturated heterocycles. The van der Waals surface area contributed by atoms with Gasteiger partial charge in [-0.15, -0.1) is 11.3 Å². The van der Waals surface area contributed by atoms with Gasteiger partial charge in [0.25, 0.3) is 5.91 Å². The Morgan fingerprint density at radius 3 is 2.22 bits per heavy atom. The first-order chi connectivity index (χ1) is 12.7. The molecule has 0 aliphatic heterocycles. The summed E-state index contributed by atoms with van der Waals surface area (Å²) in [6.45, 7) is -0.454. The van der Waals surface area contributed by atoms with E-state index in [1.165, 1.54) is 12.1 Å². The summed E-state index contributed by atoms with van der Waals surface area (Å²) in [4.78, 5) is 22.8. The molecule has 0 aliphatic carbocycles. The summed E-state index contributed by atoms with van der Waals surface area (Å²) in [7, 11) is 0.